The first-order chi connectivity index (χ1) is 14.3. The molecule has 5 heterocycles. The number of hydrogen-bond donors (Lipinski definition) is 1. The largest absolute Gasteiger partial charge is 0.376 e. The normalized spacial score (nSPS) is 21.4. The first-order valence-electron chi connectivity index (χ1n) is 10.6. The number of pyridine rings is 1. The Morgan fingerprint density at radius 1 is 1.00 bits per heavy atom. The Kier molecular flexibility index (Phi) is 5.05. The highest BCUT2D eigenvalue weighted by molar-refractivity contribution is 5.46. The molecule has 2 saturated heterocycles. The maximum Gasteiger partial charge on any atom is 0.250 e. The number of rotatable bonds is 5. The van der Waals surface area contributed by atoms with Crippen molar-refractivity contribution in [1.29, 1.82) is 0 Å². The van der Waals surface area contributed by atoms with Gasteiger partial charge in [0.25, 0.3) is 5.56 Å². The number of nitrogens with zero attached hydrogens (tertiary/aromatic N) is 6. The second-order valence-electron chi connectivity index (χ2n) is 7.90. The van der Waals surface area contributed by atoms with Crippen molar-refractivity contribution < 1.29 is 4.74 Å². The topological polar surface area (TPSA) is 88.4 Å². The van der Waals surface area contributed by atoms with E-state index in [2.05, 4.69) is 20.1 Å². The number of ether oxygens (including phenoxy) is 1. The van der Waals surface area contributed by atoms with Crippen LogP contribution in [0.5, 0.6) is 0 Å². The lowest BCUT2D eigenvalue weighted by molar-refractivity contribution is 0.120. The molecule has 1 unspecified atom stereocenters. The summed E-state index contributed by atoms with van der Waals surface area (Å²) in [6.07, 6.45) is 4.74. The van der Waals surface area contributed by atoms with Gasteiger partial charge in [0.2, 0.25) is 17.8 Å². The van der Waals surface area contributed by atoms with Gasteiger partial charge in [-0.05, 0) is 31.7 Å². The molecule has 2 aromatic heterocycles. The minimum atomic E-state index is 0.0504. The predicted octanol–water partition coefficient (Wildman–Crippen LogP) is 1.24. The molecule has 0 aromatic carbocycles. The van der Waals surface area contributed by atoms with Crippen molar-refractivity contribution in [2.45, 2.75) is 44.9 Å². The van der Waals surface area contributed by atoms with Crippen LogP contribution in [0.15, 0.2) is 23.0 Å². The number of fused-ring (bicyclic) bond motifs is 1. The fraction of sp³-hybridized carbons (Fsp3) is 0.600. The van der Waals surface area contributed by atoms with Crippen LogP contribution in [0.3, 0.4) is 0 Å². The maximum absolute atomic E-state index is 12.1. The molecule has 9 nitrogen and oxygen atoms in total. The molecule has 0 radical (unpaired) electrons. The first-order valence-corrected chi connectivity index (χ1v) is 10.6. The van der Waals surface area contributed by atoms with Gasteiger partial charge in [-0.15, -0.1) is 0 Å². The minimum Gasteiger partial charge on any atom is -0.376 e. The van der Waals surface area contributed by atoms with E-state index in [0.29, 0.717) is 38.1 Å². The molecule has 1 atom stereocenters. The Labute approximate surface area is 169 Å². The second-order valence-corrected chi connectivity index (χ2v) is 7.90. The third kappa shape index (κ3) is 3.91. The summed E-state index contributed by atoms with van der Waals surface area (Å²) in [6, 6.07) is 5.42. The van der Waals surface area contributed by atoms with Gasteiger partial charge in [-0.3, -0.25) is 4.79 Å². The van der Waals surface area contributed by atoms with Crippen molar-refractivity contribution >= 4 is 17.8 Å². The van der Waals surface area contributed by atoms with Crippen LogP contribution in [0, 0.1) is 0 Å². The van der Waals surface area contributed by atoms with Crippen LogP contribution in [0.4, 0.5) is 17.8 Å². The molecule has 0 bridgehead atoms. The summed E-state index contributed by atoms with van der Waals surface area (Å²) in [6.45, 7) is 5.45. The smallest absolute Gasteiger partial charge is 0.250 e. The lowest BCUT2D eigenvalue weighted by Gasteiger charge is -2.30. The molecule has 1 N–H and O–H groups in total. The molecule has 3 aliphatic heterocycles. The summed E-state index contributed by atoms with van der Waals surface area (Å²) in [5.41, 5.74) is 1.04. The zero-order chi connectivity index (χ0) is 19.6. The molecular formula is C20H27N7O2. The number of hydrogen-bond acceptors (Lipinski definition) is 8. The van der Waals surface area contributed by atoms with Crippen molar-refractivity contribution in [3.8, 4) is 0 Å². The van der Waals surface area contributed by atoms with Crippen molar-refractivity contribution in [3.05, 3.63) is 34.2 Å². The highest BCUT2D eigenvalue weighted by Gasteiger charge is 2.23. The molecule has 9 heteroatoms. The fourth-order valence-electron chi connectivity index (χ4n) is 4.26. The highest BCUT2D eigenvalue weighted by Crippen LogP contribution is 2.23. The minimum absolute atomic E-state index is 0.0504. The van der Waals surface area contributed by atoms with Crippen LogP contribution >= 0.6 is 0 Å². The van der Waals surface area contributed by atoms with E-state index in [1.807, 2.05) is 16.7 Å². The van der Waals surface area contributed by atoms with Crippen LogP contribution in [0.1, 0.15) is 31.4 Å². The van der Waals surface area contributed by atoms with Crippen molar-refractivity contribution in [2.24, 2.45) is 0 Å². The summed E-state index contributed by atoms with van der Waals surface area (Å²) in [5.74, 6) is 2.00. The Morgan fingerprint density at radius 3 is 2.62 bits per heavy atom. The van der Waals surface area contributed by atoms with E-state index in [-0.39, 0.29) is 11.7 Å². The molecule has 0 spiro atoms. The average Bonchev–Trinajstić information content (AvgIpc) is 3.46. The quantitative estimate of drug-likeness (QED) is 0.806. The fourth-order valence-corrected chi connectivity index (χ4v) is 4.26. The zero-order valence-corrected chi connectivity index (χ0v) is 16.6. The lowest BCUT2D eigenvalue weighted by Crippen LogP contribution is -2.40. The van der Waals surface area contributed by atoms with Gasteiger partial charge >= 0.3 is 0 Å². The highest BCUT2D eigenvalue weighted by atomic mass is 16.5. The van der Waals surface area contributed by atoms with Crippen LogP contribution in [0.25, 0.3) is 0 Å². The molecule has 0 aliphatic carbocycles. The van der Waals surface area contributed by atoms with Gasteiger partial charge in [0.1, 0.15) is 0 Å². The lowest BCUT2D eigenvalue weighted by atomic mass is 10.2. The predicted molar refractivity (Wildman–Crippen MR) is 110 cm³/mol. The van der Waals surface area contributed by atoms with Crippen molar-refractivity contribution in [1.82, 2.24) is 19.5 Å². The zero-order valence-electron chi connectivity index (χ0n) is 16.6. The van der Waals surface area contributed by atoms with Crippen LogP contribution < -0.4 is 20.7 Å². The Morgan fingerprint density at radius 2 is 1.83 bits per heavy atom. The first kappa shape index (κ1) is 18.4. The average molecular weight is 397 g/mol. The third-order valence-corrected chi connectivity index (χ3v) is 5.88. The molecule has 3 aliphatic rings. The van der Waals surface area contributed by atoms with Gasteiger partial charge in [0.05, 0.1) is 12.6 Å². The van der Waals surface area contributed by atoms with Crippen LogP contribution in [-0.4, -0.2) is 58.4 Å². The van der Waals surface area contributed by atoms with E-state index in [4.69, 9.17) is 14.7 Å². The molecule has 5 rings (SSSR count). The van der Waals surface area contributed by atoms with Gasteiger partial charge in [0.15, 0.2) is 0 Å². The Balaban J connectivity index is 1.41. The van der Waals surface area contributed by atoms with E-state index in [1.54, 1.807) is 6.07 Å². The van der Waals surface area contributed by atoms with E-state index in [0.717, 1.165) is 44.2 Å². The van der Waals surface area contributed by atoms with E-state index in [9.17, 15) is 4.79 Å². The van der Waals surface area contributed by atoms with Crippen LogP contribution in [-0.2, 0) is 17.8 Å². The summed E-state index contributed by atoms with van der Waals surface area (Å²) in [4.78, 5) is 30.6. The van der Waals surface area contributed by atoms with E-state index >= 15 is 0 Å². The maximum atomic E-state index is 12.1. The van der Waals surface area contributed by atoms with Gasteiger partial charge in [-0.25, -0.2) is 0 Å². The van der Waals surface area contributed by atoms with Gasteiger partial charge < -0.3 is 24.4 Å². The molecule has 29 heavy (non-hydrogen) atoms. The van der Waals surface area contributed by atoms with Gasteiger partial charge in [0, 0.05) is 51.1 Å². The molecule has 2 aromatic rings. The van der Waals surface area contributed by atoms with Crippen molar-refractivity contribution in [3.63, 3.8) is 0 Å². The van der Waals surface area contributed by atoms with Crippen LogP contribution in [0.2, 0.25) is 0 Å². The van der Waals surface area contributed by atoms with Gasteiger partial charge in [-0.1, -0.05) is 6.07 Å². The van der Waals surface area contributed by atoms with Crippen molar-refractivity contribution in [2.75, 3.05) is 47.9 Å². The SMILES string of the molecule is O=c1cccc2n1CCN(c1nc(NCC3CCCO3)nc(N3CCCC3)n1)C2. The number of nitrogens with one attached hydrogen (secondary N) is 1. The molecular weight excluding hydrogens is 370 g/mol. The molecule has 2 fully saturated rings. The summed E-state index contributed by atoms with van der Waals surface area (Å²) in [7, 11) is 0. The number of aromatic nitrogens is 4. The number of anilines is 3. The Hall–Kier alpha value is -2.68. The monoisotopic (exact) mass is 397 g/mol. The Bertz CT molecular complexity index is 919. The second kappa shape index (κ2) is 7.98. The third-order valence-electron chi connectivity index (χ3n) is 5.88. The van der Waals surface area contributed by atoms with E-state index in [1.165, 1.54) is 12.8 Å². The molecule has 0 amide bonds. The summed E-state index contributed by atoms with van der Waals surface area (Å²) < 4.78 is 7.54. The standard InChI is InChI=1S/C20H27N7O2/c28-17-7-3-5-15-14-26(10-11-27(15)17)20-23-18(21-13-16-6-4-12-29-16)22-19(24-20)25-8-1-2-9-25/h3,5,7,16H,1-2,4,6,8-14H2,(H,21,22,23,24). The molecule has 154 valence electrons. The van der Waals surface area contributed by atoms with Gasteiger partial charge in [-0.2, -0.15) is 15.0 Å². The summed E-state index contributed by atoms with van der Waals surface area (Å²) in [5, 5.41) is 3.36. The van der Waals surface area contributed by atoms with E-state index < -0.39 is 0 Å². The summed E-state index contributed by atoms with van der Waals surface area (Å²) >= 11 is 0. The molecule has 0 saturated carbocycles.